The molecule has 1 atom stereocenters. The van der Waals surface area contributed by atoms with Gasteiger partial charge in [0.05, 0.1) is 22.9 Å². The Hall–Kier alpha value is -5.23. The maximum Gasteiger partial charge on any atom is 0.347 e. The summed E-state index contributed by atoms with van der Waals surface area (Å²) in [6.07, 6.45) is 1.42. The van der Waals surface area contributed by atoms with Crippen molar-refractivity contribution in [3.05, 3.63) is 117 Å². The predicted octanol–water partition coefficient (Wildman–Crippen LogP) is 8.26. The molecule has 0 saturated carbocycles. The van der Waals surface area contributed by atoms with Gasteiger partial charge in [0.25, 0.3) is 5.09 Å². The highest BCUT2D eigenvalue weighted by Gasteiger charge is 2.19. The lowest BCUT2D eigenvalue weighted by molar-refractivity contribution is -0.757. The number of ether oxygens (including phenoxy) is 2. The molecule has 0 aliphatic heterocycles. The van der Waals surface area contributed by atoms with Crippen molar-refractivity contribution < 1.29 is 33.2 Å². The standard InChI is InChI=1S/C31H23N5O8S4/c37-29(5-3-17-42-36(39)40)44-26-15-10-22(34-33-21-8-13-24(14-9-21)48(41)35-28-4-1-2-16-32-28)18-25(26)31(38)43-23-11-6-20(7-12-23)27-19-30(45)47-46-27/h1-2,4,6-16,18-19H,3,5,17H2,(H,32,35). The van der Waals surface area contributed by atoms with Crippen molar-refractivity contribution in [1.82, 2.24) is 4.98 Å². The second-order valence-corrected chi connectivity index (χ2v) is 13.6. The molecule has 2 heterocycles. The molecule has 17 heteroatoms. The quantitative estimate of drug-likeness (QED) is 0.0172. The molecule has 5 aromatic rings. The number of azo groups is 1. The van der Waals surface area contributed by atoms with Crippen LogP contribution in [0.1, 0.15) is 23.2 Å². The number of carbonyl (C=O) groups is 2. The van der Waals surface area contributed by atoms with E-state index in [1.54, 1.807) is 83.3 Å². The van der Waals surface area contributed by atoms with Gasteiger partial charge in [0.2, 0.25) is 0 Å². The van der Waals surface area contributed by atoms with Crippen molar-refractivity contribution in [2.45, 2.75) is 17.7 Å². The normalized spacial score (nSPS) is 11.5. The van der Waals surface area contributed by atoms with Crippen LogP contribution in [0.4, 0.5) is 17.2 Å². The minimum atomic E-state index is -1.55. The molecule has 0 saturated heterocycles. The van der Waals surface area contributed by atoms with Crippen molar-refractivity contribution >= 4 is 73.0 Å². The van der Waals surface area contributed by atoms with Crippen LogP contribution >= 0.6 is 32.9 Å². The number of aromatic nitrogens is 1. The summed E-state index contributed by atoms with van der Waals surface area (Å²) in [6.45, 7) is -0.288. The van der Waals surface area contributed by atoms with Crippen LogP contribution in [0.5, 0.6) is 11.5 Å². The molecule has 0 bridgehead atoms. The van der Waals surface area contributed by atoms with Crippen LogP contribution < -0.4 is 14.2 Å². The van der Waals surface area contributed by atoms with Crippen LogP contribution in [0, 0.1) is 13.9 Å². The lowest BCUT2D eigenvalue weighted by Crippen LogP contribution is -2.15. The Bertz CT molecular complexity index is 2020. The maximum atomic E-state index is 13.3. The van der Waals surface area contributed by atoms with E-state index in [4.69, 9.17) is 21.7 Å². The lowest BCUT2D eigenvalue weighted by Gasteiger charge is -2.11. The zero-order valence-electron chi connectivity index (χ0n) is 24.5. The minimum Gasteiger partial charge on any atom is -0.426 e. The molecular formula is C31H23N5O8S4. The van der Waals surface area contributed by atoms with Crippen molar-refractivity contribution in [2.24, 2.45) is 10.2 Å². The second-order valence-electron chi connectivity index (χ2n) is 9.50. The lowest BCUT2D eigenvalue weighted by atomic mass is 10.1. The average Bonchev–Trinajstić information content (AvgIpc) is 3.53. The first-order chi connectivity index (χ1) is 23.2. The SMILES string of the molecule is O=C(CCCO[N+](=O)[O-])Oc1ccc(N=Nc2ccc(S(=O)Nc3ccccn3)cc2)cc1C(=O)Oc1ccc(-c2cc(=S)ss2)cc1. The van der Waals surface area contributed by atoms with Crippen molar-refractivity contribution in [1.29, 1.82) is 0 Å². The summed E-state index contributed by atoms with van der Waals surface area (Å²) in [4.78, 5) is 46.0. The molecule has 13 nitrogen and oxygen atoms in total. The van der Waals surface area contributed by atoms with E-state index >= 15 is 0 Å². The molecule has 1 unspecified atom stereocenters. The molecule has 0 radical (unpaired) electrons. The van der Waals surface area contributed by atoms with E-state index in [1.807, 2.05) is 6.07 Å². The smallest absolute Gasteiger partial charge is 0.347 e. The van der Waals surface area contributed by atoms with Gasteiger partial charge in [0.1, 0.15) is 26.7 Å². The van der Waals surface area contributed by atoms with Gasteiger partial charge in [0, 0.05) is 17.5 Å². The van der Waals surface area contributed by atoms with E-state index in [-0.39, 0.29) is 42.2 Å². The van der Waals surface area contributed by atoms with Gasteiger partial charge in [-0.2, -0.15) is 10.2 Å². The molecule has 5 rings (SSSR count). The molecule has 244 valence electrons. The number of hydrogen-bond acceptors (Lipinski definition) is 14. The van der Waals surface area contributed by atoms with Gasteiger partial charge in [-0.1, -0.05) is 39.0 Å². The summed E-state index contributed by atoms with van der Waals surface area (Å²) >= 11 is 5.20. The average molecular weight is 722 g/mol. The summed E-state index contributed by atoms with van der Waals surface area (Å²) in [5.74, 6) is -0.936. The number of esters is 2. The van der Waals surface area contributed by atoms with Gasteiger partial charge in [-0.05, 0) is 96.9 Å². The van der Waals surface area contributed by atoms with Gasteiger partial charge in [-0.15, -0.1) is 10.1 Å². The fourth-order valence-electron chi connectivity index (χ4n) is 3.91. The molecule has 2 aromatic heterocycles. The summed E-state index contributed by atoms with van der Waals surface area (Å²) in [5, 5.41) is 17.8. The summed E-state index contributed by atoms with van der Waals surface area (Å²) < 4.78 is 27.2. The van der Waals surface area contributed by atoms with Crippen molar-refractivity contribution in [2.75, 3.05) is 11.3 Å². The fraction of sp³-hybridized carbons (Fsp3) is 0.0968. The number of pyridine rings is 1. The first-order valence-electron chi connectivity index (χ1n) is 13.9. The zero-order chi connectivity index (χ0) is 33.9. The van der Waals surface area contributed by atoms with Crippen LogP contribution in [-0.2, 0) is 20.6 Å². The number of benzene rings is 3. The highest BCUT2D eigenvalue weighted by Crippen LogP contribution is 2.32. The second kappa shape index (κ2) is 16.6. The predicted molar refractivity (Wildman–Crippen MR) is 183 cm³/mol. The summed E-state index contributed by atoms with van der Waals surface area (Å²) in [7, 11) is 1.48. The summed E-state index contributed by atoms with van der Waals surface area (Å²) in [6, 6.07) is 24.7. The third-order valence-corrected chi connectivity index (χ3v) is 10.1. The first kappa shape index (κ1) is 34.1. The van der Waals surface area contributed by atoms with Crippen LogP contribution in [0.3, 0.4) is 0 Å². The fourth-order valence-corrected chi connectivity index (χ4v) is 7.12. The topological polar surface area (TPSA) is 172 Å². The largest absolute Gasteiger partial charge is 0.426 e. The van der Waals surface area contributed by atoms with Gasteiger partial charge in [-0.3, -0.25) is 9.52 Å². The molecule has 0 aliphatic carbocycles. The van der Waals surface area contributed by atoms with Crippen LogP contribution in [-0.4, -0.2) is 32.8 Å². The summed E-state index contributed by atoms with van der Waals surface area (Å²) in [5.41, 5.74) is 1.50. The van der Waals surface area contributed by atoms with Crippen LogP contribution in [0.2, 0.25) is 0 Å². The maximum absolute atomic E-state index is 13.3. The van der Waals surface area contributed by atoms with E-state index in [9.17, 15) is 23.9 Å². The van der Waals surface area contributed by atoms with E-state index in [1.165, 1.54) is 28.5 Å². The third kappa shape index (κ3) is 9.88. The molecule has 0 fully saturated rings. The van der Waals surface area contributed by atoms with E-state index < -0.39 is 28.0 Å². The number of carbonyl (C=O) groups excluding carboxylic acids is 2. The number of nitrogens with zero attached hydrogens (tertiary/aromatic N) is 4. The molecule has 0 spiro atoms. The van der Waals surface area contributed by atoms with Gasteiger partial charge in [-0.25, -0.2) is 14.0 Å². The van der Waals surface area contributed by atoms with Crippen LogP contribution in [0.15, 0.2) is 112 Å². The molecule has 1 N–H and O–H groups in total. The first-order valence-corrected chi connectivity index (χ1v) is 17.6. The van der Waals surface area contributed by atoms with Gasteiger partial charge < -0.3 is 14.3 Å². The Morgan fingerprint density at radius 3 is 2.38 bits per heavy atom. The molecule has 3 aromatic carbocycles. The van der Waals surface area contributed by atoms with E-state index in [2.05, 4.69) is 24.8 Å². The number of nitrogens with one attached hydrogen (secondary N) is 1. The Morgan fingerprint density at radius 1 is 0.938 bits per heavy atom. The Morgan fingerprint density at radius 2 is 1.69 bits per heavy atom. The van der Waals surface area contributed by atoms with E-state index in [0.717, 1.165) is 14.3 Å². The highest BCUT2D eigenvalue weighted by atomic mass is 32.9. The van der Waals surface area contributed by atoms with Crippen LogP contribution in [0.25, 0.3) is 10.4 Å². The Kier molecular flexibility index (Phi) is 11.8. The van der Waals surface area contributed by atoms with Gasteiger partial charge >= 0.3 is 11.9 Å². The molecular weight excluding hydrogens is 699 g/mol. The minimum absolute atomic E-state index is 0.0295. The molecule has 0 aliphatic rings. The number of rotatable bonds is 14. The van der Waals surface area contributed by atoms with Gasteiger partial charge in [0.15, 0.2) is 11.0 Å². The van der Waals surface area contributed by atoms with E-state index in [0.29, 0.717) is 16.4 Å². The Balaban J connectivity index is 1.31. The third-order valence-electron chi connectivity index (χ3n) is 6.13. The zero-order valence-corrected chi connectivity index (χ0v) is 27.8. The Labute approximate surface area is 288 Å². The number of hydrogen-bond donors (Lipinski definition) is 1. The van der Waals surface area contributed by atoms with Crippen molar-refractivity contribution in [3.63, 3.8) is 0 Å². The monoisotopic (exact) mass is 721 g/mol. The number of anilines is 1. The molecule has 0 amide bonds. The van der Waals surface area contributed by atoms with Crippen molar-refractivity contribution in [3.8, 4) is 21.9 Å². The highest BCUT2D eigenvalue weighted by molar-refractivity contribution is 7.86. The molecule has 48 heavy (non-hydrogen) atoms.